The number of aliphatic hydroxyl groups excluding tert-OH is 2. The average Bonchev–Trinajstić information content (AvgIpc) is 2.02. The number of halogens is 1. The predicted octanol–water partition coefficient (Wildman–Crippen LogP) is -1.19. The van der Waals surface area contributed by atoms with Gasteiger partial charge < -0.3 is 20.1 Å². The molecule has 13 heavy (non-hydrogen) atoms. The number of carbonyl (C=O) groups is 1. The summed E-state index contributed by atoms with van der Waals surface area (Å²) in [6.45, 7) is -0.764. The first-order chi connectivity index (χ1) is 5.44. The second-order valence-electron chi connectivity index (χ2n) is 1.99. The van der Waals surface area contributed by atoms with E-state index in [1.165, 1.54) is 0 Å². The van der Waals surface area contributed by atoms with E-state index in [2.05, 4.69) is 30.0 Å². The van der Waals surface area contributed by atoms with E-state index in [4.69, 9.17) is 15.3 Å². The Kier molecular flexibility index (Phi) is 8.19. The maximum absolute atomic E-state index is 10.5. The topological polar surface area (TPSA) is 87.0 Å². The van der Waals surface area contributed by atoms with E-state index < -0.39 is 23.8 Å². The van der Waals surface area contributed by atoms with Gasteiger partial charge >= 0.3 is 5.97 Å². The van der Waals surface area contributed by atoms with Crippen LogP contribution >= 0.6 is 37.7 Å². The SMILES string of the molecule is Cl.O=C(CS)OC(O)(S)C(O)CO. The first-order valence-corrected chi connectivity index (χ1v) is 4.08. The third kappa shape index (κ3) is 5.61. The van der Waals surface area contributed by atoms with Gasteiger partial charge in [-0.1, -0.05) is 12.6 Å². The van der Waals surface area contributed by atoms with Gasteiger partial charge in [-0.05, 0) is 0 Å². The van der Waals surface area contributed by atoms with Crippen LogP contribution in [0.2, 0.25) is 0 Å². The summed E-state index contributed by atoms with van der Waals surface area (Å²) in [6, 6.07) is 0. The summed E-state index contributed by atoms with van der Waals surface area (Å²) in [5.74, 6) is -1.09. The van der Waals surface area contributed by atoms with Gasteiger partial charge in [0, 0.05) is 0 Å². The third-order valence-corrected chi connectivity index (χ3v) is 1.65. The zero-order chi connectivity index (χ0) is 9.78. The molecule has 0 amide bonds. The second-order valence-corrected chi connectivity index (χ2v) is 2.95. The Balaban J connectivity index is 0. The largest absolute Gasteiger partial charge is 0.420 e. The number of hydrogen-bond donors (Lipinski definition) is 5. The number of carbonyl (C=O) groups excluding carboxylic acids is 1. The van der Waals surface area contributed by atoms with E-state index in [0.29, 0.717) is 0 Å². The van der Waals surface area contributed by atoms with Gasteiger partial charge in [0.15, 0.2) is 6.10 Å². The van der Waals surface area contributed by atoms with Gasteiger partial charge in [-0.2, -0.15) is 12.6 Å². The molecule has 0 radical (unpaired) electrons. The van der Waals surface area contributed by atoms with E-state index in [-0.39, 0.29) is 18.2 Å². The zero-order valence-corrected chi connectivity index (χ0v) is 9.06. The highest BCUT2D eigenvalue weighted by Gasteiger charge is 2.35. The van der Waals surface area contributed by atoms with Crippen molar-refractivity contribution in [2.45, 2.75) is 11.2 Å². The molecule has 0 rings (SSSR count). The lowest BCUT2D eigenvalue weighted by molar-refractivity contribution is -0.202. The lowest BCUT2D eigenvalue weighted by atomic mass is 10.3. The first-order valence-electron chi connectivity index (χ1n) is 3.00. The van der Waals surface area contributed by atoms with Gasteiger partial charge in [0.05, 0.1) is 12.4 Å². The lowest BCUT2D eigenvalue weighted by Crippen LogP contribution is -2.43. The van der Waals surface area contributed by atoms with Crippen molar-refractivity contribution in [3.8, 4) is 0 Å². The van der Waals surface area contributed by atoms with Crippen LogP contribution < -0.4 is 0 Å². The molecule has 0 fully saturated rings. The molecule has 0 aromatic heterocycles. The molecular weight excluding hydrogens is 240 g/mol. The Labute approximate surface area is 92.3 Å². The summed E-state index contributed by atoms with van der Waals surface area (Å²) in [7, 11) is 0. The molecule has 0 aliphatic carbocycles. The third-order valence-electron chi connectivity index (χ3n) is 1.00. The molecule has 0 heterocycles. The minimum Gasteiger partial charge on any atom is -0.420 e. The maximum Gasteiger partial charge on any atom is 0.318 e. The van der Waals surface area contributed by atoms with Crippen LogP contribution in [0.5, 0.6) is 0 Å². The van der Waals surface area contributed by atoms with E-state index in [9.17, 15) is 4.79 Å². The van der Waals surface area contributed by atoms with Crippen LogP contribution in [-0.2, 0) is 9.53 Å². The van der Waals surface area contributed by atoms with Crippen LogP contribution in [0.4, 0.5) is 0 Å². The smallest absolute Gasteiger partial charge is 0.318 e. The zero-order valence-electron chi connectivity index (χ0n) is 6.45. The van der Waals surface area contributed by atoms with Crippen molar-refractivity contribution < 1.29 is 24.9 Å². The van der Waals surface area contributed by atoms with Crippen molar-refractivity contribution in [3.63, 3.8) is 0 Å². The molecule has 3 N–H and O–H groups in total. The fraction of sp³-hybridized carbons (Fsp3) is 0.800. The average molecular weight is 251 g/mol. The number of thiol groups is 2. The Morgan fingerprint density at radius 3 is 2.38 bits per heavy atom. The number of aliphatic hydroxyl groups is 3. The summed E-state index contributed by atoms with van der Waals surface area (Å²) in [6.07, 6.45) is -1.65. The van der Waals surface area contributed by atoms with Gasteiger partial charge in [0.2, 0.25) is 0 Å². The van der Waals surface area contributed by atoms with Crippen LogP contribution in [0, 0.1) is 0 Å². The van der Waals surface area contributed by atoms with Gasteiger partial charge in [-0.3, -0.25) is 4.79 Å². The molecule has 0 aliphatic rings. The normalized spacial score (nSPS) is 16.7. The van der Waals surface area contributed by atoms with Crippen LogP contribution in [0.25, 0.3) is 0 Å². The van der Waals surface area contributed by atoms with E-state index in [1.54, 1.807) is 0 Å². The van der Waals surface area contributed by atoms with Crippen LogP contribution in [0.1, 0.15) is 0 Å². The predicted molar refractivity (Wildman–Crippen MR) is 54.2 cm³/mol. The van der Waals surface area contributed by atoms with Crippen molar-refractivity contribution in [3.05, 3.63) is 0 Å². The van der Waals surface area contributed by atoms with E-state index >= 15 is 0 Å². The minimum atomic E-state index is -2.37. The number of rotatable bonds is 4. The fourth-order valence-electron chi connectivity index (χ4n) is 0.387. The molecule has 0 spiro atoms. The molecule has 2 unspecified atom stereocenters. The van der Waals surface area contributed by atoms with Crippen molar-refractivity contribution >= 4 is 43.6 Å². The quantitative estimate of drug-likeness (QED) is 0.246. The summed E-state index contributed by atoms with van der Waals surface area (Å²) >= 11 is 6.98. The lowest BCUT2D eigenvalue weighted by Gasteiger charge is -2.25. The second kappa shape index (κ2) is 6.74. The van der Waals surface area contributed by atoms with Crippen molar-refractivity contribution in [2.24, 2.45) is 0 Å². The van der Waals surface area contributed by atoms with Gasteiger partial charge in [-0.25, -0.2) is 0 Å². The summed E-state index contributed by atoms with van der Waals surface area (Å²) in [5, 5.41) is 23.9. The highest BCUT2D eigenvalue weighted by Crippen LogP contribution is 2.17. The van der Waals surface area contributed by atoms with Crippen LogP contribution in [0.15, 0.2) is 0 Å². The molecule has 80 valence electrons. The number of hydrogen-bond acceptors (Lipinski definition) is 7. The maximum atomic E-state index is 10.5. The fourth-order valence-corrected chi connectivity index (χ4v) is 0.635. The first kappa shape index (κ1) is 15.8. The Bertz CT molecular complexity index is 165. The molecular formula is C5H11ClO5S2. The molecule has 8 heteroatoms. The summed E-state index contributed by atoms with van der Waals surface area (Å²) < 4.78 is 4.23. The van der Waals surface area contributed by atoms with Crippen LogP contribution in [-0.4, -0.2) is 44.9 Å². The molecule has 5 nitrogen and oxygen atoms in total. The van der Waals surface area contributed by atoms with Gasteiger partial charge in [-0.15, -0.1) is 12.4 Å². The Morgan fingerprint density at radius 1 is 1.62 bits per heavy atom. The minimum absolute atomic E-state index is 0. The molecule has 0 aromatic rings. The summed E-state index contributed by atoms with van der Waals surface area (Å²) in [4.78, 5) is 10.5. The monoisotopic (exact) mass is 250 g/mol. The molecule has 0 saturated heterocycles. The molecule has 0 saturated carbocycles. The van der Waals surface area contributed by atoms with Crippen molar-refractivity contribution in [2.75, 3.05) is 12.4 Å². The molecule has 0 aliphatic heterocycles. The molecule has 0 bridgehead atoms. The van der Waals surface area contributed by atoms with E-state index in [1.807, 2.05) is 0 Å². The highest BCUT2D eigenvalue weighted by molar-refractivity contribution is 7.81. The van der Waals surface area contributed by atoms with Crippen LogP contribution in [0.3, 0.4) is 0 Å². The number of esters is 1. The van der Waals surface area contributed by atoms with E-state index in [0.717, 1.165) is 0 Å². The van der Waals surface area contributed by atoms with Crippen molar-refractivity contribution in [1.29, 1.82) is 0 Å². The molecule has 0 aromatic carbocycles. The van der Waals surface area contributed by atoms with Crippen molar-refractivity contribution in [1.82, 2.24) is 0 Å². The molecule has 2 atom stereocenters. The number of ether oxygens (including phenoxy) is 1. The van der Waals surface area contributed by atoms with Gasteiger partial charge in [0.1, 0.15) is 0 Å². The standard InChI is InChI=1S/C5H10O5S2.ClH/c6-1-3(7)5(9,12)10-4(8)2-11;/h3,6-7,9,11-12H,1-2H2;1H. The highest BCUT2D eigenvalue weighted by atomic mass is 35.5. The summed E-state index contributed by atoms with van der Waals surface area (Å²) in [5.41, 5.74) is 0. The van der Waals surface area contributed by atoms with Gasteiger partial charge in [0.25, 0.3) is 5.12 Å². The Hall–Kier alpha value is 0.340. The Morgan fingerprint density at radius 2 is 2.08 bits per heavy atom.